The third-order valence-electron chi connectivity index (χ3n) is 0.810. The summed E-state index contributed by atoms with van der Waals surface area (Å²) in [5.74, 6) is -5.58. The minimum absolute atomic E-state index is 0.175. The minimum Gasteiger partial charge on any atom is -0.224 e. The summed E-state index contributed by atoms with van der Waals surface area (Å²) in [5.41, 5.74) is 0. The van der Waals surface area contributed by atoms with Crippen LogP contribution in [0.3, 0.4) is 0 Å². The molecule has 0 saturated heterocycles. The Balaban J connectivity index is 4.62. The number of hydrogen-bond acceptors (Lipinski definition) is 1. The maximum Gasteiger partial charge on any atom is 0.457 e. The van der Waals surface area contributed by atoms with Gasteiger partial charge in [0.1, 0.15) is 6.07 Å². The maximum absolute atomic E-state index is 11.6. The van der Waals surface area contributed by atoms with Gasteiger partial charge in [-0.2, -0.15) is 27.2 Å². The summed E-state index contributed by atoms with van der Waals surface area (Å²) in [6, 6.07) is 0.175. The number of hydrogen-bond donors (Lipinski definition) is 0. The van der Waals surface area contributed by atoms with Gasteiger partial charge in [0.25, 0.3) is 6.17 Å². The molecular formula is C4HF6N. The zero-order valence-corrected chi connectivity index (χ0v) is 4.79. The van der Waals surface area contributed by atoms with E-state index in [2.05, 4.69) is 0 Å². The molecule has 0 heterocycles. The molecule has 11 heavy (non-hydrogen) atoms. The molecule has 0 aromatic heterocycles. The summed E-state index contributed by atoms with van der Waals surface area (Å²) < 4.78 is 68.2. The Morgan fingerprint density at radius 2 is 1.45 bits per heavy atom. The van der Waals surface area contributed by atoms with E-state index >= 15 is 0 Å². The zero-order chi connectivity index (χ0) is 9.28. The minimum atomic E-state index is -6.01. The first-order valence-electron chi connectivity index (χ1n) is 2.21. The first kappa shape index (κ1) is 10.1. The quantitative estimate of drug-likeness (QED) is 0.562. The van der Waals surface area contributed by atoms with Gasteiger partial charge in [-0.3, -0.25) is 0 Å². The predicted molar refractivity (Wildman–Crippen MR) is 21.5 cm³/mol. The van der Waals surface area contributed by atoms with Crippen molar-refractivity contribution in [2.24, 2.45) is 0 Å². The molecule has 0 fully saturated rings. The van der Waals surface area contributed by atoms with Gasteiger partial charge in [0.2, 0.25) is 0 Å². The zero-order valence-electron chi connectivity index (χ0n) is 4.79. The standard InChI is InChI=1S/C4HF6N/c5-2(1-11)3(6,7)4(8,9)10/h2H. The maximum atomic E-state index is 11.6. The summed E-state index contributed by atoms with van der Waals surface area (Å²) in [6.07, 6.45) is -9.86. The molecule has 1 nitrogen and oxygen atoms in total. The van der Waals surface area contributed by atoms with Crippen LogP contribution in [0, 0.1) is 11.3 Å². The van der Waals surface area contributed by atoms with Crippen LogP contribution in [0.5, 0.6) is 0 Å². The summed E-state index contributed by atoms with van der Waals surface area (Å²) in [7, 11) is 0. The average Bonchev–Trinajstić information content (AvgIpc) is 1.83. The van der Waals surface area contributed by atoms with E-state index in [0.29, 0.717) is 0 Å². The fourth-order valence-electron chi connectivity index (χ4n) is 0.225. The van der Waals surface area contributed by atoms with Crippen molar-refractivity contribution in [2.45, 2.75) is 18.3 Å². The summed E-state index contributed by atoms with van der Waals surface area (Å²) in [4.78, 5) is 0. The Hall–Kier alpha value is -0.930. The van der Waals surface area contributed by atoms with Crippen LogP contribution in [-0.2, 0) is 0 Å². The third-order valence-corrected chi connectivity index (χ3v) is 0.810. The molecule has 1 atom stereocenters. The van der Waals surface area contributed by atoms with Crippen LogP contribution in [-0.4, -0.2) is 18.3 Å². The van der Waals surface area contributed by atoms with Crippen molar-refractivity contribution in [3.63, 3.8) is 0 Å². The Morgan fingerprint density at radius 1 is 1.09 bits per heavy atom. The topological polar surface area (TPSA) is 23.8 Å². The number of halogens is 6. The lowest BCUT2D eigenvalue weighted by Crippen LogP contribution is -2.44. The molecule has 0 aliphatic carbocycles. The Morgan fingerprint density at radius 3 is 1.55 bits per heavy atom. The second-order valence-electron chi connectivity index (χ2n) is 1.61. The highest BCUT2D eigenvalue weighted by atomic mass is 19.4. The van der Waals surface area contributed by atoms with Crippen molar-refractivity contribution in [3.05, 3.63) is 0 Å². The van der Waals surface area contributed by atoms with Crippen molar-refractivity contribution in [2.75, 3.05) is 0 Å². The Labute approximate surface area is 57.2 Å². The van der Waals surface area contributed by atoms with Crippen LogP contribution < -0.4 is 0 Å². The first-order valence-corrected chi connectivity index (χ1v) is 2.21. The molecular weight excluding hydrogens is 176 g/mol. The highest BCUT2D eigenvalue weighted by molar-refractivity contribution is 4.98. The van der Waals surface area contributed by atoms with E-state index in [1.165, 1.54) is 0 Å². The van der Waals surface area contributed by atoms with E-state index < -0.39 is 18.3 Å². The molecule has 0 rings (SSSR count). The van der Waals surface area contributed by atoms with Gasteiger partial charge >= 0.3 is 12.1 Å². The lowest BCUT2D eigenvalue weighted by molar-refractivity contribution is -0.296. The first-order chi connectivity index (χ1) is 4.73. The average molecular weight is 177 g/mol. The van der Waals surface area contributed by atoms with Gasteiger partial charge in [-0.15, -0.1) is 0 Å². The molecule has 0 aliphatic rings. The molecule has 0 N–H and O–H groups in total. The molecule has 64 valence electrons. The van der Waals surface area contributed by atoms with Crippen molar-refractivity contribution < 1.29 is 26.3 Å². The van der Waals surface area contributed by atoms with E-state index in [9.17, 15) is 26.3 Å². The Bertz CT molecular complexity index is 176. The van der Waals surface area contributed by atoms with Crippen LogP contribution in [0.1, 0.15) is 0 Å². The van der Waals surface area contributed by atoms with Gasteiger partial charge in [0, 0.05) is 0 Å². The van der Waals surface area contributed by atoms with Crippen LogP contribution in [0.25, 0.3) is 0 Å². The molecule has 0 amide bonds. The monoisotopic (exact) mass is 177 g/mol. The SMILES string of the molecule is N#CC(F)C(F)(F)C(F)(F)F. The number of nitrogens with zero attached hydrogens (tertiary/aromatic N) is 1. The molecule has 7 heteroatoms. The van der Waals surface area contributed by atoms with Crippen LogP contribution in [0.15, 0.2) is 0 Å². The van der Waals surface area contributed by atoms with E-state index in [1.807, 2.05) is 0 Å². The van der Waals surface area contributed by atoms with Crippen molar-refractivity contribution in [1.29, 1.82) is 5.26 Å². The lowest BCUT2D eigenvalue weighted by atomic mass is 10.2. The van der Waals surface area contributed by atoms with Gasteiger partial charge in [0.05, 0.1) is 0 Å². The van der Waals surface area contributed by atoms with E-state index in [4.69, 9.17) is 5.26 Å². The molecule has 0 radical (unpaired) electrons. The summed E-state index contributed by atoms with van der Waals surface area (Å²) >= 11 is 0. The van der Waals surface area contributed by atoms with Gasteiger partial charge < -0.3 is 0 Å². The number of nitriles is 1. The highest BCUT2D eigenvalue weighted by Crippen LogP contribution is 2.38. The fourth-order valence-corrected chi connectivity index (χ4v) is 0.225. The molecule has 0 bridgehead atoms. The molecule has 0 spiro atoms. The molecule has 0 saturated carbocycles. The van der Waals surface area contributed by atoms with Gasteiger partial charge in [0.15, 0.2) is 0 Å². The highest BCUT2D eigenvalue weighted by Gasteiger charge is 2.63. The predicted octanol–water partition coefficient (Wildman–Crippen LogP) is 2.05. The van der Waals surface area contributed by atoms with Crippen molar-refractivity contribution in [3.8, 4) is 6.07 Å². The van der Waals surface area contributed by atoms with Crippen LogP contribution in [0.2, 0.25) is 0 Å². The fraction of sp³-hybridized carbons (Fsp3) is 0.750. The molecule has 0 aromatic carbocycles. The second kappa shape index (κ2) is 2.60. The lowest BCUT2D eigenvalue weighted by Gasteiger charge is -2.18. The number of rotatable bonds is 1. The number of alkyl halides is 6. The van der Waals surface area contributed by atoms with Crippen molar-refractivity contribution in [1.82, 2.24) is 0 Å². The normalized spacial score (nSPS) is 15.7. The molecule has 1 unspecified atom stereocenters. The van der Waals surface area contributed by atoms with E-state index in [-0.39, 0.29) is 6.07 Å². The van der Waals surface area contributed by atoms with Gasteiger partial charge in [-0.1, -0.05) is 0 Å². The second-order valence-corrected chi connectivity index (χ2v) is 1.61. The van der Waals surface area contributed by atoms with Gasteiger partial charge in [-0.05, 0) is 0 Å². The summed E-state index contributed by atoms with van der Waals surface area (Å²) in [6.45, 7) is 0. The smallest absolute Gasteiger partial charge is 0.224 e. The van der Waals surface area contributed by atoms with Gasteiger partial charge in [-0.25, -0.2) is 4.39 Å². The Kier molecular flexibility index (Phi) is 2.38. The largest absolute Gasteiger partial charge is 0.457 e. The molecule has 0 aromatic rings. The van der Waals surface area contributed by atoms with Crippen LogP contribution in [0.4, 0.5) is 26.3 Å². The van der Waals surface area contributed by atoms with E-state index in [1.54, 1.807) is 0 Å². The van der Waals surface area contributed by atoms with Crippen LogP contribution >= 0.6 is 0 Å². The van der Waals surface area contributed by atoms with E-state index in [0.717, 1.165) is 0 Å². The third kappa shape index (κ3) is 1.76. The van der Waals surface area contributed by atoms with Crippen molar-refractivity contribution >= 4 is 0 Å². The molecule has 0 aliphatic heterocycles. The summed E-state index contributed by atoms with van der Waals surface area (Å²) in [5, 5.41) is 7.43.